The van der Waals surface area contributed by atoms with Gasteiger partial charge in [0, 0.05) is 43.8 Å². The molecule has 0 aliphatic carbocycles. The molecule has 1 aliphatic heterocycles. The van der Waals surface area contributed by atoms with Crippen LogP contribution in [0.5, 0.6) is 0 Å². The molecule has 2 rings (SSSR count). The van der Waals surface area contributed by atoms with Crippen LogP contribution in [-0.4, -0.2) is 49.6 Å². The molecule has 1 heterocycles. The highest BCUT2D eigenvalue weighted by molar-refractivity contribution is 6.31. The van der Waals surface area contributed by atoms with Gasteiger partial charge in [0.1, 0.15) is 0 Å². The summed E-state index contributed by atoms with van der Waals surface area (Å²) in [6.07, 6.45) is 0. The standard InChI is InChI=1S/C13H20ClN3/c1-16-6-8-17(9-7-16)13(10-15)11-4-2-3-5-12(11)14/h2-5,13H,6-10,15H2,1H3/t13-/m0/s1. The third-order valence-electron chi connectivity index (χ3n) is 3.47. The van der Waals surface area contributed by atoms with Crippen LogP contribution >= 0.6 is 11.6 Å². The first-order valence-electron chi connectivity index (χ1n) is 6.09. The van der Waals surface area contributed by atoms with Crippen molar-refractivity contribution in [1.82, 2.24) is 9.80 Å². The van der Waals surface area contributed by atoms with Crippen LogP contribution in [0.2, 0.25) is 5.02 Å². The van der Waals surface area contributed by atoms with Crippen LogP contribution in [0.25, 0.3) is 0 Å². The highest BCUT2D eigenvalue weighted by Gasteiger charge is 2.23. The van der Waals surface area contributed by atoms with Gasteiger partial charge in [0.05, 0.1) is 0 Å². The number of likely N-dealkylation sites (N-methyl/N-ethyl adjacent to an activating group) is 1. The van der Waals surface area contributed by atoms with Gasteiger partial charge in [0.25, 0.3) is 0 Å². The van der Waals surface area contributed by atoms with E-state index in [9.17, 15) is 0 Å². The largest absolute Gasteiger partial charge is 0.329 e. The molecule has 1 aliphatic rings. The zero-order valence-electron chi connectivity index (χ0n) is 10.3. The topological polar surface area (TPSA) is 32.5 Å². The van der Waals surface area contributed by atoms with E-state index in [1.807, 2.05) is 18.2 Å². The van der Waals surface area contributed by atoms with Gasteiger partial charge in [-0.15, -0.1) is 0 Å². The van der Waals surface area contributed by atoms with Gasteiger partial charge < -0.3 is 10.6 Å². The minimum Gasteiger partial charge on any atom is -0.329 e. The molecule has 1 saturated heterocycles. The SMILES string of the molecule is CN1CCN([C@@H](CN)c2ccccc2Cl)CC1. The van der Waals surface area contributed by atoms with Crippen LogP contribution in [0, 0.1) is 0 Å². The average molecular weight is 254 g/mol. The molecule has 1 aromatic rings. The second-order valence-corrected chi connectivity index (χ2v) is 5.02. The Kier molecular flexibility index (Phi) is 4.40. The van der Waals surface area contributed by atoms with E-state index in [4.69, 9.17) is 17.3 Å². The zero-order valence-corrected chi connectivity index (χ0v) is 11.0. The Hall–Kier alpha value is -0.610. The fraction of sp³-hybridized carbons (Fsp3) is 0.538. The Bertz CT molecular complexity index is 361. The van der Waals surface area contributed by atoms with Crippen molar-refractivity contribution in [3.63, 3.8) is 0 Å². The highest BCUT2D eigenvalue weighted by atomic mass is 35.5. The van der Waals surface area contributed by atoms with Crippen LogP contribution in [0.1, 0.15) is 11.6 Å². The van der Waals surface area contributed by atoms with Gasteiger partial charge in [-0.1, -0.05) is 29.8 Å². The van der Waals surface area contributed by atoms with Gasteiger partial charge in [0.15, 0.2) is 0 Å². The fourth-order valence-corrected chi connectivity index (χ4v) is 2.61. The number of halogens is 1. The lowest BCUT2D eigenvalue weighted by Gasteiger charge is -2.38. The molecule has 3 nitrogen and oxygen atoms in total. The van der Waals surface area contributed by atoms with Crippen molar-refractivity contribution in [3.8, 4) is 0 Å². The molecule has 17 heavy (non-hydrogen) atoms. The highest BCUT2D eigenvalue weighted by Crippen LogP contribution is 2.27. The molecule has 0 radical (unpaired) electrons. The summed E-state index contributed by atoms with van der Waals surface area (Å²) in [5.74, 6) is 0. The van der Waals surface area contributed by atoms with E-state index >= 15 is 0 Å². The molecular formula is C13H20ClN3. The summed E-state index contributed by atoms with van der Waals surface area (Å²) >= 11 is 6.25. The van der Waals surface area contributed by atoms with Crippen molar-refractivity contribution in [3.05, 3.63) is 34.9 Å². The van der Waals surface area contributed by atoms with Crippen LogP contribution < -0.4 is 5.73 Å². The summed E-state index contributed by atoms with van der Waals surface area (Å²) in [6, 6.07) is 8.26. The van der Waals surface area contributed by atoms with Gasteiger partial charge in [-0.2, -0.15) is 0 Å². The van der Waals surface area contributed by atoms with E-state index in [2.05, 4.69) is 22.9 Å². The van der Waals surface area contributed by atoms with Crippen molar-refractivity contribution in [2.75, 3.05) is 39.8 Å². The fourth-order valence-electron chi connectivity index (χ4n) is 2.35. The van der Waals surface area contributed by atoms with Gasteiger partial charge in [-0.3, -0.25) is 4.90 Å². The summed E-state index contributed by atoms with van der Waals surface area (Å²) in [5, 5.41) is 0.821. The molecule has 1 atom stereocenters. The number of rotatable bonds is 3. The van der Waals surface area contributed by atoms with Crippen molar-refractivity contribution in [2.24, 2.45) is 5.73 Å². The minimum absolute atomic E-state index is 0.248. The van der Waals surface area contributed by atoms with Crippen molar-refractivity contribution < 1.29 is 0 Å². The molecule has 2 N–H and O–H groups in total. The smallest absolute Gasteiger partial charge is 0.0486 e. The maximum atomic E-state index is 6.25. The van der Waals surface area contributed by atoms with Gasteiger partial charge in [-0.25, -0.2) is 0 Å². The number of nitrogens with two attached hydrogens (primary N) is 1. The summed E-state index contributed by atoms with van der Waals surface area (Å²) in [7, 11) is 2.16. The summed E-state index contributed by atoms with van der Waals surface area (Å²) in [4.78, 5) is 4.78. The van der Waals surface area contributed by atoms with Gasteiger partial charge >= 0.3 is 0 Å². The normalized spacial score (nSPS) is 20.4. The van der Waals surface area contributed by atoms with Gasteiger partial charge in [-0.05, 0) is 18.7 Å². The molecule has 0 unspecified atom stereocenters. The maximum absolute atomic E-state index is 6.25. The minimum atomic E-state index is 0.248. The first-order chi connectivity index (χ1) is 8.22. The van der Waals surface area contributed by atoms with Crippen molar-refractivity contribution >= 4 is 11.6 Å². The molecule has 94 valence electrons. The first-order valence-corrected chi connectivity index (χ1v) is 6.47. The predicted octanol–water partition coefficient (Wildman–Crippen LogP) is 1.59. The van der Waals surface area contributed by atoms with Crippen LogP contribution in [-0.2, 0) is 0 Å². The Balaban J connectivity index is 2.14. The first kappa shape index (κ1) is 12.8. The Labute approximate surface area is 108 Å². The number of hydrogen-bond donors (Lipinski definition) is 1. The summed E-state index contributed by atoms with van der Waals surface area (Å²) in [6.45, 7) is 4.93. The third-order valence-corrected chi connectivity index (χ3v) is 3.81. The number of hydrogen-bond acceptors (Lipinski definition) is 3. The average Bonchev–Trinajstić information content (AvgIpc) is 2.35. The number of piperazine rings is 1. The van der Waals surface area contributed by atoms with Crippen LogP contribution in [0.4, 0.5) is 0 Å². The number of benzene rings is 1. The van der Waals surface area contributed by atoms with E-state index in [1.54, 1.807) is 0 Å². The van der Waals surface area contributed by atoms with Gasteiger partial charge in [0.2, 0.25) is 0 Å². The second-order valence-electron chi connectivity index (χ2n) is 4.61. The monoisotopic (exact) mass is 253 g/mol. The maximum Gasteiger partial charge on any atom is 0.0486 e. The second kappa shape index (κ2) is 5.83. The molecule has 0 spiro atoms. The van der Waals surface area contributed by atoms with Crippen LogP contribution in [0.3, 0.4) is 0 Å². The van der Waals surface area contributed by atoms with E-state index in [0.717, 1.165) is 36.8 Å². The Morgan fingerprint density at radius 3 is 2.47 bits per heavy atom. The lowest BCUT2D eigenvalue weighted by Crippen LogP contribution is -2.47. The zero-order chi connectivity index (χ0) is 12.3. The molecule has 0 saturated carbocycles. The quantitative estimate of drug-likeness (QED) is 0.888. The lowest BCUT2D eigenvalue weighted by molar-refractivity contribution is 0.114. The molecule has 4 heteroatoms. The number of nitrogens with zero attached hydrogens (tertiary/aromatic N) is 2. The van der Waals surface area contributed by atoms with Crippen molar-refractivity contribution in [2.45, 2.75) is 6.04 Å². The molecule has 1 aromatic carbocycles. The third kappa shape index (κ3) is 2.99. The molecule has 0 aromatic heterocycles. The molecule has 0 amide bonds. The molecule has 0 bridgehead atoms. The van der Waals surface area contributed by atoms with Crippen molar-refractivity contribution in [1.29, 1.82) is 0 Å². The van der Waals surface area contributed by atoms with E-state index in [-0.39, 0.29) is 6.04 Å². The molecule has 1 fully saturated rings. The van der Waals surface area contributed by atoms with E-state index in [0.29, 0.717) is 6.54 Å². The molecular weight excluding hydrogens is 234 g/mol. The predicted molar refractivity (Wildman–Crippen MR) is 72.3 cm³/mol. The van der Waals surface area contributed by atoms with E-state index in [1.165, 1.54) is 0 Å². The van der Waals surface area contributed by atoms with Crippen LogP contribution in [0.15, 0.2) is 24.3 Å². The Morgan fingerprint density at radius 1 is 1.24 bits per heavy atom. The summed E-state index contributed by atoms with van der Waals surface area (Å²) in [5.41, 5.74) is 7.08. The lowest BCUT2D eigenvalue weighted by atomic mass is 10.0. The summed E-state index contributed by atoms with van der Waals surface area (Å²) < 4.78 is 0. The van der Waals surface area contributed by atoms with E-state index < -0.39 is 0 Å². The Morgan fingerprint density at radius 2 is 1.88 bits per heavy atom.